The van der Waals surface area contributed by atoms with Crippen molar-refractivity contribution in [1.29, 1.82) is 0 Å². The van der Waals surface area contributed by atoms with E-state index >= 15 is 0 Å². The molecule has 0 radical (unpaired) electrons. The lowest BCUT2D eigenvalue weighted by Crippen LogP contribution is -2.14. The van der Waals surface area contributed by atoms with Crippen LogP contribution in [0, 0.1) is 6.92 Å². The van der Waals surface area contributed by atoms with Gasteiger partial charge < -0.3 is 10.4 Å². The van der Waals surface area contributed by atoms with Crippen LogP contribution in [-0.2, 0) is 13.1 Å². The van der Waals surface area contributed by atoms with Crippen molar-refractivity contribution in [2.24, 2.45) is 0 Å². The van der Waals surface area contributed by atoms with Crippen LogP contribution in [0.1, 0.15) is 26.9 Å². The highest BCUT2D eigenvalue weighted by molar-refractivity contribution is 7.11. The maximum absolute atomic E-state index is 10.7. The van der Waals surface area contributed by atoms with Crippen molar-refractivity contribution in [3.8, 4) is 0 Å². The van der Waals surface area contributed by atoms with Gasteiger partial charge in [-0.15, -0.1) is 11.3 Å². The number of aromatic carboxylic acids is 1. The van der Waals surface area contributed by atoms with Gasteiger partial charge in [0.25, 0.3) is 0 Å². The van der Waals surface area contributed by atoms with Crippen LogP contribution in [0.15, 0.2) is 23.6 Å². The summed E-state index contributed by atoms with van der Waals surface area (Å²) in [4.78, 5) is 19.0. The summed E-state index contributed by atoms with van der Waals surface area (Å²) in [5.74, 6) is -0.980. The molecule has 2 aromatic rings. The minimum atomic E-state index is -0.980. The second kappa shape index (κ2) is 5.70. The van der Waals surface area contributed by atoms with Crippen molar-refractivity contribution in [2.75, 3.05) is 0 Å². The molecule has 0 spiro atoms. The lowest BCUT2D eigenvalue weighted by molar-refractivity contribution is 0.0696. The van der Waals surface area contributed by atoms with Gasteiger partial charge in [-0.3, -0.25) is 4.98 Å². The molecule has 2 rings (SSSR count). The molecule has 0 aliphatic heterocycles. The van der Waals surface area contributed by atoms with E-state index in [1.165, 1.54) is 0 Å². The Morgan fingerprint density at radius 1 is 1.33 bits per heavy atom. The van der Waals surface area contributed by atoms with Crippen LogP contribution in [0.5, 0.6) is 0 Å². The number of thiazole rings is 1. The van der Waals surface area contributed by atoms with Crippen LogP contribution in [0.4, 0.5) is 0 Å². The van der Waals surface area contributed by atoms with E-state index in [1.54, 1.807) is 5.38 Å². The Morgan fingerprint density at radius 3 is 2.78 bits per heavy atom. The molecule has 0 saturated heterocycles. The standard InChI is InChI=1S/C12H13N3O2S/c1-8-3-2-4-9(14-8)5-13-6-10-7-18-11(15-10)12(16)17/h2-4,7,13H,5-6H2,1H3,(H,16,17). The zero-order chi connectivity index (χ0) is 13.0. The SMILES string of the molecule is Cc1cccc(CNCc2csc(C(=O)O)n2)n1. The Hall–Kier alpha value is -1.79. The van der Waals surface area contributed by atoms with E-state index in [0.29, 0.717) is 13.1 Å². The van der Waals surface area contributed by atoms with E-state index < -0.39 is 5.97 Å². The van der Waals surface area contributed by atoms with E-state index in [1.807, 2.05) is 25.1 Å². The van der Waals surface area contributed by atoms with Crippen molar-refractivity contribution in [3.63, 3.8) is 0 Å². The fourth-order valence-electron chi connectivity index (χ4n) is 1.50. The Bertz CT molecular complexity index is 554. The number of carboxylic acid groups (broad SMARTS) is 1. The smallest absolute Gasteiger partial charge is 0.365 e. The van der Waals surface area contributed by atoms with Gasteiger partial charge in [-0.1, -0.05) is 6.07 Å². The number of rotatable bonds is 5. The summed E-state index contributed by atoms with van der Waals surface area (Å²) in [5, 5.41) is 13.8. The highest BCUT2D eigenvalue weighted by Gasteiger charge is 2.08. The third-order valence-corrected chi connectivity index (χ3v) is 3.17. The van der Waals surface area contributed by atoms with Crippen molar-refractivity contribution in [2.45, 2.75) is 20.0 Å². The van der Waals surface area contributed by atoms with Gasteiger partial charge in [0.1, 0.15) is 0 Å². The number of carbonyl (C=O) groups is 1. The van der Waals surface area contributed by atoms with Crippen LogP contribution < -0.4 is 5.32 Å². The summed E-state index contributed by atoms with van der Waals surface area (Å²) in [6.07, 6.45) is 0. The molecular formula is C12H13N3O2S. The molecule has 5 nitrogen and oxygen atoms in total. The van der Waals surface area contributed by atoms with E-state index in [9.17, 15) is 4.79 Å². The summed E-state index contributed by atoms with van der Waals surface area (Å²) in [6.45, 7) is 3.13. The molecule has 0 unspecified atom stereocenters. The lowest BCUT2D eigenvalue weighted by atomic mass is 10.3. The average molecular weight is 263 g/mol. The number of hydrogen-bond donors (Lipinski definition) is 2. The van der Waals surface area contributed by atoms with E-state index in [2.05, 4.69) is 15.3 Å². The average Bonchev–Trinajstić information content (AvgIpc) is 2.78. The van der Waals surface area contributed by atoms with Crippen LogP contribution in [-0.4, -0.2) is 21.0 Å². The largest absolute Gasteiger partial charge is 0.476 e. The van der Waals surface area contributed by atoms with Gasteiger partial charge in [-0.25, -0.2) is 9.78 Å². The maximum Gasteiger partial charge on any atom is 0.365 e. The van der Waals surface area contributed by atoms with Crippen molar-refractivity contribution in [3.05, 3.63) is 45.7 Å². The van der Waals surface area contributed by atoms with E-state index in [4.69, 9.17) is 5.11 Å². The molecule has 6 heteroatoms. The molecule has 0 bridgehead atoms. The van der Waals surface area contributed by atoms with Gasteiger partial charge >= 0.3 is 5.97 Å². The second-order valence-electron chi connectivity index (χ2n) is 3.82. The third-order valence-electron chi connectivity index (χ3n) is 2.29. The zero-order valence-electron chi connectivity index (χ0n) is 9.88. The van der Waals surface area contributed by atoms with Gasteiger partial charge in [0.2, 0.25) is 5.01 Å². The molecule has 0 atom stereocenters. The normalized spacial score (nSPS) is 10.5. The van der Waals surface area contributed by atoms with Gasteiger partial charge in [0.15, 0.2) is 0 Å². The summed E-state index contributed by atoms with van der Waals surface area (Å²) in [6, 6.07) is 5.86. The first kappa shape index (κ1) is 12.7. The number of nitrogens with zero attached hydrogens (tertiary/aromatic N) is 2. The van der Waals surface area contributed by atoms with Crippen LogP contribution >= 0.6 is 11.3 Å². The molecular weight excluding hydrogens is 250 g/mol. The fourth-order valence-corrected chi connectivity index (χ4v) is 2.16. The lowest BCUT2D eigenvalue weighted by Gasteiger charge is -2.03. The summed E-state index contributed by atoms with van der Waals surface area (Å²) >= 11 is 1.14. The quantitative estimate of drug-likeness (QED) is 0.860. The molecule has 18 heavy (non-hydrogen) atoms. The Labute approximate surface area is 109 Å². The predicted octanol–water partition coefficient (Wildman–Crippen LogP) is 1.83. The molecule has 0 aromatic carbocycles. The summed E-state index contributed by atoms with van der Waals surface area (Å²) in [5.41, 5.74) is 2.69. The predicted molar refractivity (Wildman–Crippen MR) is 68.6 cm³/mol. The van der Waals surface area contributed by atoms with Crippen LogP contribution in [0.25, 0.3) is 0 Å². The van der Waals surface area contributed by atoms with Crippen molar-refractivity contribution in [1.82, 2.24) is 15.3 Å². The number of pyridine rings is 1. The first-order valence-corrected chi connectivity index (χ1v) is 6.34. The first-order chi connectivity index (χ1) is 8.65. The number of aromatic nitrogens is 2. The fraction of sp³-hybridized carbons (Fsp3) is 0.250. The molecule has 94 valence electrons. The molecule has 0 amide bonds. The highest BCUT2D eigenvalue weighted by atomic mass is 32.1. The summed E-state index contributed by atoms with van der Waals surface area (Å²) < 4.78 is 0. The molecule has 0 saturated carbocycles. The molecule has 2 heterocycles. The van der Waals surface area contributed by atoms with Gasteiger partial charge in [-0.2, -0.15) is 0 Å². The van der Waals surface area contributed by atoms with Crippen LogP contribution in [0.3, 0.4) is 0 Å². The number of carboxylic acids is 1. The molecule has 2 N–H and O–H groups in total. The van der Waals surface area contributed by atoms with Gasteiger partial charge in [0.05, 0.1) is 11.4 Å². The van der Waals surface area contributed by atoms with E-state index in [0.717, 1.165) is 28.4 Å². The molecule has 0 aliphatic carbocycles. The number of aryl methyl sites for hydroxylation is 1. The van der Waals surface area contributed by atoms with Gasteiger partial charge in [-0.05, 0) is 19.1 Å². The monoisotopic (exact) mass is 263 g/mol. The highest BCUT2D eigenvalue weighted by Crippen LogP contribution is 2.09. The third kappa shape index (κ3) is 3.35. The minimum Gasteiger partial charge on any atom is -0.476 e. The second-order valence-corrected chi connectivity index (χ2v) is 4.68. The Morgan fingerprint density at radius 2 is 2.11 bits per heavy atom. The van der Waals surface area contributed by atoms with Crippen LogP contribution in [0.2, 0.25) is 0 Å². The molecule has 0 fully saturated rings. The van der Waals surface area contributed by atoms with Crippen molar-refractivity contribution >= 4 is 17.3 Å². The molecule has 0 aliphatic rings. The molecule has 2 aromatic heterocycles. The zero-order valence-corrected chi connectivity index (χ0v) is 10.7. The Kier molecular flexibility index (Phi) is 4.01. The van der Waals surface area contributed by atoms with Gasteiger partial charge in [0, 0.05) is 24.2 Å². The topological polar surface area (TPSA) is 75.1 Å². The summed E-state index contributed by atoms with van der Waals surface area (Å²) in [7, 11) is 0. The first-order valence-electron chi connectivity index (χ1n) is 5.46. The van der Waals surface area contributed by atoms with E-state index in [-0.39, 0.29) is 5.01 Å². The Balaban J connectivity index is 1.86. The number of nitrogens with one attached hydrogen (secondary N) is 1. The van der Waals surface area contributed by atoms with Crippen molar-refractivity contribution < 1.29 is 9.90 Å². The maximum atomic E-state index is 10.7. The number of hydrogen-bond acceptors (Lipinski definition) is 5. The minimum absolute atomic E-state index is 0.125.